The zero-order chi connectivity index (χ0) is 18.2. The van der Waals surface area contributed by atoms with Crippen molar-refractivity contribution in [1.82, 2.24) is 5.32 Å². The molecule has 2 aromatic carbocycles. The number of aryl methyl sites for hydroxylation is 2. The van der Waals surface area contributed by atoms with Gasteiger partial charge in [0.2, 0.25) is 0 Å². The summed E-state index contributed by atoms with van der Waals surface area (Å²) < 4.78 is 5.88. The highest BCUT2D eigenvalue weighted by Crippen LogP contribution is 2.18. The van der Waals surface area contributed by atoms with Gasteiger partial charge in [0.15, 0.2) is 6.10 Å². The molecule has 4 heteroatoms. The predicted molar refractivity (Wildman–Crippen MR) is 103 cm³/mol. The van der Waals surface area contributed by atoms with Gasteiger partial charge < -0.3 is 15.0 Å². The van der Waals surface area contributed by atoms with Gasteiger partial charge in [-0.2, -0.15) is 0 Å². The first kappa shape index (κ1) is 18.8. The molecule has 1 N–H and O–H groups in total. The van der Waals surface area contributed by atoms with Gasteiger partial charge in [-0.15, -0.1) is 0 Å². The topological polar surface area (TPSA) is 41.6 Å². The van der Waals surface area contributed by atoms with Crippen LogP contribution in [0.4, 0.5) is 5.69 Å². The molecule has 0 heterocycles. The Hall–Kier alpha value is -2.49. The van der Waals surface area contributed by atoms with Crippen molar-refractivity contribution in [3.05, 3.63) is 59.7 Å². The molecule has 0 spiro atoms. The van der Waals surface area contributed by atoms with Gasteiger partial charge >= 0.3 is 0 Å². The van der Waals surface area contributed by atoms with Gasteiger partial charge in [0, 0.05) is 25.8 Å². The molecule has 0 unspecified atom stereocenters. The molecule has 1 amide bonds. The predicted octanol–water partition coefficient (Wildman–Crippen LogP) is 3.71. The summed E-state index contributed by atoms with van der Waals surface area (Å²) in [5.41, 5.74) is 3.52. The van der Waals surface area contributed by atoms with E-state index < -0.39 is 6.10 Å². The van der Waals surface area contributed by atoms with E-state index in [1.54, 1.807) is 0 Å². The van der Waals surface area contributed by atoms with Crippen molar-refractivity contribution in [2.45, 2.75) is 33.3 Å². The Morgan fingerprint density at radius 1 is 1.12 bits per heavy atom. The van der Waals surface area contributed by atoms with E-state index in [1.165, 1.54) is 5.56 Å². The first-order valence-corrected chi connectivity index (χ1v) is 8.79. The Morgan fingerprint density at radius 3 is 2.48 bits per heavy atom. The first-order chi connectivity index (χ1) is 12.0. The van der Waals surface area contributed by atoms with Crippen LogP contribution in [0.15, 0.2) is 48.5 Å². The molecule has 0 saturated heterocycles. The van der Waals surface area contributed by atoms with Crippen LogP contribution in [0.1, 0.15) is 24.5 Å². The van der Waals surface area contributed by atoms with Gasteiger partial charge in [-0.25, -0.2) is 0 Å². The summed E-state index contributed by atoms with van der Waals surface area (Å²) in [6.07, 6.45) is 0.164. The molecule has 0 aliphatic carbocycles. The molecule has 1 atom stereocenters. The summed E-state index contributed by atoms with van der Waals surface area (Å²) in [5.74, 6) is 0.675. The number of benzene rings is 2. The van der Waals surface area contributed by atoms with E-state index in [2.05, 4.69) is 29.3 Å². The minimum atomic E-state index is -0.468. The normalized spacial score (nSPS) is 11.7. The summed E-state index contributed by atoms with van der Waals surface area (Å²) in [7, 11) is 2.02. The Morgan fingerprint density at radius 2 is 1.84 bits per heavy atom. The van der Waals surface area contributed by atoms with E-state index in [-0.39, 0.29) is 5.91 Å². The van der Waals surface area contributed by atoms with Crippen LogP contribution in [0.2, 0.25) is 0 Å². The molecule has 0 aliphatic heterocycles. The van der Waals surface area contributed by atoms with Crippen LogP contribution in [-0.4, -0.2) is 32.1 Å². The second-order valence-corrected chi connectivity index (χ2v) is 6.31. The van der Waals surface area contributed by atoms with Crippen LogP contribution in [0.5, 0.6) is 5.75 Å². The van der Waals surface area contributed by atoms with Crippen LogP contribution in [0, 0.1) is 13.8 Å². The highest BCUT2D eigenvalue weighted by Gasteiger charge is 2.18. The minimum absolute atomic E-state index is 0.0674. The number of carbonyl (C=O) groups excluding carboxylic acids is 1. The van der Waals surface area contributed by atoms with Gasteiger partial charge in [-0.3, -0.25) is 4.79 Å². The van der Waals surface area contributed by atoms with E-state index in [1.807, 2.05) is 57.3 Å². The van der Waals surface area contributed by atoms with Gasteiger partial charge in [-0.05, 0) is 55.7 Å². The Labute approximate surface area is 150 Å². The maximum atomic E-state index is 12.4. The first-order valence-electron chi connectivity index (χ1n) is 8.79. The Balaban J connectivity index is 1.84. The fraction of sp³-hybridized carbons (Fsp3) is 0.381. The van der Waals surface area contributed by atoms with Crippen molar-refractivity contribution in [2.24, 2.45) is 0 Å². The number of carbonyl (C=O) groups is 1. The van der Waals surface area contributed by atoms with E-state index >= 15 is 0 Å². The lowest BCUT2D eigenvalue weighted by Gasteiger charge is -2.21. The average Bonchev–Trinajstić information content (AvgIpc) is 2.63. The minimum Gasteiger partial charge on any atom is -0.481 e. The number of amides is 1. The van der Waals surface area contributed by atoms with Crippen LogP contribution in [0.25, 0.3) is 0 Å². The molecule has 0 aromatic heterocycles. The van der Waals surface area contributed by atoms with E-state index in [0.717, 1.165) is 23.5 Å². The van der Waals surface area contributed by atoms with Gasteiger partial charge in [0.25, 0.3) is 5.91 Å². The average molecular weight is 340 g/mol. The quantitative estimate of drug-likeness (QED) is 0.796. The zero-order valence-electron chi connectivity index (χ0n) is 15.6. The Bertz CT molecular complexity index is 686. The van der Waals surface area contributed by atoms with E-state index in [9.17, 15) is 4.79 Å². The highest BCUT2D eigenvalue weighted by molar-refractivity contribution is 5.81. The third-order valence-corrected chi connectivity index (χ3v) is 4.36. The second-order valence-electron chi connectivity index (χ2n) is 6.31. The summed E-state index contributed by atoms with van der Waals surface area (Å²) in [6, 6.07) is 16.0. The lowest BCUT2D eigenvalue weighted by Crippen LogP contribution is -2.41. The summed E-state index contributed by atoms with van der Waals surface area (Å²) in [6.45, 7) is 7.39. The van der Waals surface area contributed by atoms with Crippen molar-refractivity contribution in [3.8, 4) is 5.75 Å². The molecule has 0 fully saturated rings. The number of hydrogen-bond donors (Lipinski definition) is 1. The number of nitrogens with zero attached hydrogens (tertiary/aromatic N) is 1. The number of rotatable bonds is 8. The monoisotopic (exact) mass is 340 g/mol. The molecule has 0 saturated carbocycles. The van der Waals surface area contributed by atoms with Gasteiger partial charge in [0.1, 0.15) is 5.75 Å². The Kier molecular flexibility index (Phi) is 6.87. The molecule has 4 nitrogen and oxygen atoms in total. The fourth-order valence-corrected chi connectivity index (χ4v) is 2.55. The number of hydrogen-bond acceptors (Lipinski definition) is 3. The smallest absolute Gasteiger partial charge is 0.261 e. The molecule has 2 aromatic rings. The molecule has 0 aliphatic rings. The molecule has 2 rings (SSSR count). The standard InChI is InChI=1S/C21H28N2O2/c1-5-20(25-19-12-11-16(2)17(3)15-19)21(24)22-13-14-23(4)18-9-7-6-8-10-18/h6-12,15,20H,5,13-14H2,1-4H3,(H,22,24)/t20-/m0/s1. The zero-order valence-corrected chi connectivity index (χ0v) is 15.6. The summed E-state index contributed by atoms with van der Waals surface area (Å²) in [5, 5.41) is 2.97. The summed E-state index contributed by atoms with van der Waals surface area (Å²) in [4.78, 5) is 14.5. The number of anilines is 1. The van der Waals surface area contributed by atoms with Crippen molar-refractivity contribution < 1.29 is 9.53 Å². The van der Waals surface area contributed by atoms with Crippen LogP contribution in [-0.2, 0) is 4.79 Å². The number of likely N-dealkylation sites (N-methyl/N-ethyl adjacent to an activating group) is 1. The maximum Gasteiger partial charge on any atom is 0.261 e. The van der Waals surface area contributed by atoms with E-state index in [0.29, 0.717) is 13.0 Å². The largest absolute Gasteiger partial charge is 0.481 e. The van der Waals surface area contributed by atoms with Crippen molar-refractivity contribution in [1.29, 1.82) is 0 Å². The lowest BCUT2D eigenvalue weighted by atomic mass is 10.1. The van der Waals surface area contributed by atoms with Crippen molar-refractivity contribution >= 4 is 11.6 Å². The highest BCUT2D eigenvalue weighted by atomic mass is 16.5. The van der Waals surface area contributed by atoms with E-state index in [4.69, 9.17) is 4.74 Å². The molecular weight excluding hydrogens is 312 g/mol. The molecule has 0 radical (unpaired) electrons. The molecule has 25 heavy (non-hydrogen) atoms. The van der Waals surface area contributed by atoms with Crippen molar-refractivity contribution in [2.75, 3.05) is 25.0 Å². The van der Waals surface area contributed by atoms with Gasteiger partial charge in [0.05, 0.1) is 0 Å². The summed E-state index contributed by atoms with van der Waals surface area (Å²) >= 11 is 0. The SMILES string of the molecule is CC[C@H](Oc1ccc(C)c(C)c1)C(=O)NCCN(C)c1ccccc1. The number of ether oxygens (including phenoxy) is 1. The fourth-order valence-electron chi connectivity index (χ4n) is 2.55. The molecule has 0 bridgehead atoms. The molecular formula is C21H28N2O2. The van der Waals surface area contributed by atoms with Crippen LogP contribution >= 0.6 is 0 Å². The van der Waals surface area contributed by atoms with Crippen LogP contribution < -0.4 is 15.0 Å². The number of nitrogens with one attached hydrogen (secondary N) is 1. The third kappa shape index (κ3) is 5.52. The lowest BCUT2D eigenvalue weighted by molar-refractivity contribution is -0.128. The van der Waals surface area contributed by atoms with Gasteiger partial charge in [-0.1, -0.05) is 31.2 Å². The maximum absolute atomic E-state index is 12.4. The molecule has 134 valence electrons. The second kappa shape index (κ2) is 9.11. The third-order valence-electron chi connectivity index (χ3n) is 4.36. The van der Waals surface area contributed by atoms with Crippen LogP contribution in [0.3, 0.4) is 0 Å². The van der Waals surface area contributed by atoms with Crippen molar-refractivity contribution in [3.63, 3.8) is 0 Å². The number of para-hydroxylation sites is 1.